The number of hydrogen-bond acceptors (Lipinski definition) is 4. The van der Waals surface area contributed by atoms with E-state index in [-0.39, 0.29) is 48.2 Å². The van der Waals surface area contributed by atoms with Crippen LogP contribution in [0.5, 0.6) is 0 Å². The number of aromatic nitrogens is 2. The summed E-state index contributed by atoms with van der Waals surface area (Å²) < 4.78 is 45.0. The molecule has 2 rings (SSSR count). The summed E-state index contributed by atoms with van der Waals surface area (Å²) in [6.07, 6.45) is -2.16. The van der Waals surface area contributed by atoms with Crippen molar-refractivity contribution in [1.82, 2.24) is 25.3 Å². The number of ether oxygens (including phenoxy) is 1. The molecule has 0 saturated carbocycles. The number of alkyl halides is 3. The van der Waals surface area contributed by atoms with Gasteiger partial charge in [-0.05, 0) is 19.8 Å². The second-order valence-corrected chi connectivity index (χ2v) is 6.25. The number of carbonyl (C=O) groups is 1. The molecule has 2 heterocycles. The molecule has 2 N–H and O–H groups in total. The van der Waals surface area contributed by atoms with Crippen LogP contribution >= 0.6 is 24.0 Å². The van der Waals surface area contributed by atoms with Gasteiger partial charge in [-0.1, -0.05) is 0 Å². The molecular formula is C16H26F3IN6O2. The largest absolute Gasteiger partial charge is 0.453 e. The zero-order valence-corrected chi connectivity index (χ0v) is 18.4. The maximum atomic E-state index is 13.0. The van der Waals surface area contributed by atoms with Gasteiger partial charge in [-0.15, -0.1) is 24.0 Å². The average Bonchev–Trinajstić information content (AvgIpc) is 3.01. The van der Waals surface area contributed by atoms with E-state index in [1.807, 2.05) is 6.92 Å². The third-order valence-corrected chi connectivity index (χ3v) is 4.19. The van der Waals surface area contributed by atoms with E-state index in [0.29, 0.717) is 38.4 Å². The van der Waals surface area contributed by atoms with Gasteiger partial charge in [0.2, 0.25) is 0 Å². The van der Waals surface area contributed by atoms with Crippen LogP contribution in [0.15, 0.2) is 11.2 Å². The topological polar surface area (TPSA) is 83.8 Å². The number of methoxy groups -OCH3 is 1. The van der Waals surface area contributed by atoms with Crippen molar-refractivity contribution < 1.29 is 22.7 Å². The van der Waals surface area contributed by atoms with Gasteiger partial charge in [0, 0.05) is 44.5 Å². The lowest BCUT2D eigenvalue weighted by Crippen LogP contribution is -2.49. The minimum atomic E-state index is -4.52. The molecule has 0 radical (unpaired) electrons. The van der Waals surface area contributed by atoms with E-state index in [9.17, 15) is 18.0 Å². The number of nitrogens with one attached hydrogen (secondary N) is 2. The van der Waals surface area contributed by atoms with Gasteiger partial charge in [0.15, 0.2) is 11.7 Å². The van der Waals surface area contributed by atoms with Gasteiger partial charge in [0.05, 0.1) is 13.7 Å². The van der Waals surface area contributed by atoms with Crippen LogP contribution < -0.4 is 10.6 Å². The molecular weight excluding hydrogens is 492 g/mol. The number of rotatable bonds is 4. The molecule has 1 aromatic heterocycles. The normalized spacial score (nSPS) is 15.8. The van der Waals surface area contributed by atoms with Crippen LogP contribution in [0, 0.1) is 0 Å². The number of aliphatic imine (C=N–C) groups is 1. The van der Waals surface area contributed by atoms with Crippen molar-refractivity contribution in [2.75, 3.05) is 26.7 Å². The fraction of sp³-hybridized carbons (Fsp3) is 0.688. The van der Waals surface area contributed by atoms with E-state index in [1.54, 1.807) is 4.90 Å². The summed E-state index contributed by atoms with van der Waals surface area (Å²) in [4.78, 5) is 17.4. The van der Waals surface area contributed by atoms with Crippen LogP contribution in [0.2, 0.25) is 0 Å². The minimum absolute atomic E-state index is 0. The zero-order chi connectivity index (χ0) is 20.0. The molecule has 0 aliphatic carbocycles. The van der Waals surface area contributed by atoms with Gasteiger partial charge >= 0.3 is 12.3 Å². The van der Waals surface area contributed by atoms with Crippen molar-refractivity contribution in [2.24, 2.45) is 12.0 Å². The Kier molecular flexibility index (Phi) is 9.30. The Labute approximate surface area is 178 Å². The number of nitrogens with zero attached hydrogens (tertiary/aromatic N) is 4. The monoisotopic (exact) mass is 518 g/mol. The van der Waals surface area contributed by atoms with Gasteiger partial charge in [0.25, 0.3) is 0 Å². The van der Waals surface area contributed by atoms with E-state index in [2.05, 4.69) is 20.7 Å². The number of likely N-dealkylation sites (tertiary alicyclic amines) is 1. The van der Waals surface area contributed by atoms with Crippen LogP contribution in [0.4, 0.5) is 18.0 Å². The number of hydrogen-bond donors (Lipinski definition) is 2. The van der Waals surface area contributed by atoms with Crippen molar-refractivity contribution in [1.29, 1.82) is 0 Å². The summed E-state index contributed by atoms with van der Waals surface area (Å²) in [5.41, 5.74) is -0.904. The summed E-state index contributed by atoms with van der Waals surface area (Å²) in [6.45, 7) is 3.41. The van der Waals surface area contributed by atoms with Gasteiger partial charge < -0.3 is 20.3 Å². The summed E-state index contributed by atoms with van der Waals surface area (Å²) >= 11 is 0. The SMILES string of the molecule is CCNC(=NCc1cn(C)nc1C(F)(F)F)NC1CCN(C(=O)OC)CC1.I. The molecule has 0 atom stereocenters. The molecule has 1 amide bonds. The van der Waals surface area contributed by atoms with Crippen molar-refractivity contribution in [3.05, 3.63) is 17.5 Å². The van der Waals surface area contributed by atoms with E-state index < -0.39 is 11.9 Å². The highest BCUT2D eigenvalue weighted by atomic mass is 127. The first-order chi connectivity index (χ1) is 12.7. The molecule has 1 aliphatic rings. The Hall–Kier alpha value is -1.73. The molecule has 1 fully saturated rings. The number of guanidine groups is 1. The second kappa shape index (κ2) is 10.7. The number of amides is 1. The molecule has 0 spiro atoms. The molecule has 0 bridgehead atoms. The van der Waals surface area contributed by atoms with E-state index in [1.165, 1.54) is 20.4 Å². The molecule has 12 heteroatoms. The number of aryl methyl sites for hydroxylation is 1. The molecule has 0 unspecified atom stereocenters. The Balaban J connectivity index is 0.00000392. The smallest absolute Gasteiger partial charge is 0.435 e. The third kappa shape index (κ3) is 6.71. The molecule has 160 valence electrons. The molecule has 8 nitrogen and oxygen atoms in total. The number of carbonyl (C=O) groups excluding carboxylic acids is 1. The standard InChI is InChI=1S/C16H25F3N6O2.HI/c1-4-20-14(22-12-5-7-25(8-6-12)15(26)27-3)21-9-11-10-24(2)23-13(11)16(17,18)19;/h10,12H,4-9H2,1-3H3,(H2,20,21,22);1H. The van der Waals surface area contributed by atoms with Crippen molar-refractivity contribution >= 4 is 36.0 Å². The third-order valence-electron chi connectivity index (χ3n) is 4.19. The summed E-state index contributed by atoms with van der Waals surface area (Å²) in [7, 11) is 2.79. The van der Waals surface area contributed by atoms with Gasteiger partial charge in [0.1, 0.15) is 0 Å². The highest BCUT2D eigenvalue weighted by molar-refractivity contribution is 14.0. The van der Waals surface area contributed by atoms with Crippen LogP contribution in [0.25, 0.3) is 0 Å². The van der Waals surface area contributed by atoms with Crippen molar-refractivity contribution in [2.45, 2.75) is 38.5 Å². The van der Waals surface area contributed by atoms with E-state index >= 15 is 0 Å². The first-order valence-electron chi connectivity index (χ1n) is 8.72. The molecule has 1 saturated heterocycles. The number of piperidine rings is 1. The Morgan fingerprint density at radius 3 is 2.57 bits per heavy atom. The summed E-state index contributed by atoms with van der Waals surface area (Å²) in [5.74, 6) is 0.436. The van der Waals surface area contributed by atoms with Crippen molar-refractivity contribution in [3.63, 3.8) is 0 Å². The lowest BCUT2D eigenvalue weighted by Gasteiger charge is -2.32. The maximum Gasteiger partial charge on any atom is 0.435 e. The summed E-state index contributed by atoms with van der Waals surface area (Å²) in [5, 5.41) is 9.74. The van der Waals surface area contributed by atoms with Crippen LogP contribution in [0.1, 0.15) is 31.0 Å². The highest BCUT2D eigenvalue weighted by Crippen LogP contribution is 2.30. The van der Waals surface area contributed by atoms with Gasteiger partial charge in [-0.2, -0.15) is 18.3 Å². The summed E-state index contributed by atoms with van der Waals surface area (Å²) in [6, 6.07) is 0.0692. The first kappa shape index (κ1) is 24.3. The Bertz CT molecular complexity index is 672. The lowest BCUT2D eigenvalue weighted by molar-refractivity contribution is -0.142. The van der Waals surface area contributed by atoms with E-state index in [0.717, 1.165) is 4.68 Å². The first-order valence-corrected chi connectivity index (χ1v) is 8.72. The van der Waals surface area contributed by atoms with E-state index in [4.69, 9.17) is 4.74 Å². The minimum Gasteiger partial charge on any atom is -0.453 e. The molecule has 0 aromatic carbocycles. The predicted octanol–water partition coefficient (Wildman–Crippen LogP) is 2.34. The fourth-order valence-corrected chi connectivity index (χ4v) is 2.91. The lowest BCUT2D eigenvalue weighted by atomic mass is 10.1. The Morgan fingerprint density at radius 1 is 1.39 bits per heavy atom. The number of halogens is 4. The van der Waals surface area contributed by atoms with Gasteiger partial charge in [-0.3, -0.25) is 4.68 Å². The highest BCUT2D eigenvalue weighted by Gasteiger charge is 2.36. The fourth-order valence-electron chi connectivity index (χ4n) is 2.91. The predicted molar refractivity (Wildman–Crippen MR) is 109 cm³/mol. The quantitative estimate of drug-likeness (QED) is 0.364. The van der Waals surface area contributed by atoms with Gasteiger partial charge in [-0.25, -0.2) is 9.79 Å². The van der Waals surface area contributed by atoms with Crippen molar-refractivity contribution in [3.8, 4) is 0 Å². The molecule has 1 aliphatic heterocycles. The molecule has 1 aromatic rings. The Morgan fingerprint density at radius 2 is 2.04 bits per heavy atom. The van der Waals surface area contributed by atoms with Crippen LogP contribution in [-0.4, -0.2) is 59.5 Å². The van der Waals surface area contributed by atoms with Crippen LogP contribution in [-0.2, 0) is 24.5 Å². The zero-order valence-electron chi connectivity index (χ0n) is 16.0. The second-order valence-electron chi connectivity index (χ2n) is 6.25. The van der Waals surface area contributed by atoms with Crippen LogP contribution in [0.3, 0.4) is 0 Å². The average molecular weight is 518 g/mol. The molecule has 28 heavy (non-hydrogen) atoms. The maximum absolute atomic E-state index is 13.0.